The van der Waals surface area contributed by atoms with Crippen molar-refractivity contribution < 1.29 is 56.4 Å². The van der Waals surface area contributed by atoms with Crippen LogP contribution in [0.25, 0.3) is 83.4 Å². The van der Waals surface area contributed by atoms with Gasteiger partial charge in [-0.2, -0.15) is 18.2 Å². The molecule has 0 N–H and O–H groups in total. The Balaban J connectivity index is 0.0000106. The first-order chi connectivity index (χ1) is 46.9. The average Bonchev–Trinajstić information content (AvgIpc) is 0.945. The molecule has 5 nitrogen and oxygen atoms in total. The molecule has 84 heavy (non-hydrogen) atoms. The van der Waals surface area contributed by atoms with Gasteiger partial charge in [0.2, 0.25) is 0 Å². The third kappa shape index (κ3) is 10.8. The molecule has 3 heterocycles. The van der Waals surface area contributed by atoms with Crippen molar-refractivity contribution in [2.45, 2.75) is 156 Å². The molecule has 3 aromatic heterocycles. The topological polar surface area (TPSA) is 35.9 Å². The normalized spacial score (nSPS) is 19.5. The Hall–Kier alpha value is -7.33. The molecule has 0 aliphatic heterocycles. The van der Waals surface area contributed by atoms with Crippen molar-refractivity contribution in [1.29, 1.82) is 0 Å². The molecule has 6 heteroatoms. The second-order valence-corrected chi connectivity index (χ2v) is 26.1. The minimum absolute atomic E-state index is 0. The number of para-hydroxylation sites is 1. The van der Waals surface area contributed by atoms with Crippen molar-refractivity contribution in [3.8, 4) is 62.1 Å². The molecule has 11 aromatic rings. The summed E-state index contributed by atoms with van der Waals surface area (Å²) in [5, 5.41) is 1.90. The predicted molar refractivity (Wildman–Crippen MR) is 346 cm³/mol. The summed E-state index contributed by atoms with van der Waals surface area (Å²) in [5.41, 5.74) is -5.15. The summed E-state index contributed by atoms with van der Waals surface area (Å²) < 4.78 is 191. The summed E-state index contributed by atoms with van der Waals surface area (Å²) in [6.45, 7) is 7.56. The zero-order valence-electron chi connectivity index (χ0n) is 68.4. The molecule has 0 saturated heterocycles. The van der Waals surface area contributed by atoms with Gasteiger partial charge in [0, 0.05) is 66.2 Å². The molecule has 1 aliphatic carbocycles. The van der Waals surface area contributed by atoms with Crippen molar-refractivity contribution in [2.24, 2.45) is 0 Å². The molecular weight excluding hydrogens is 1200 g/mol. The van der Waals surface area contributed by atoms with E-state index in [0.717, 1.165) is 44.1 Å². The first-order valence-electron chi connectivity index (χ1n) is 37.6. The fraction of sp³-hybridized carbons (Fsp3) is 0.308. The predicted octanol–water partition coefficient (Wildman–Crippen LogP) is 20.1. The van der Waals surface area contributed by atoms with E-state index in [1.54, 1.807) is 39.6 Å². The number of nitrogens with zero attached hydrogens (tertiary/aromatic N) is 4. The minimum atomic E-state index is -4.54. The molecule has 12 rings (SSSR count). The van der Waals surface area contributed by atoms with Gasteiger partial charge in [-0.3, -0.25) is 4.57 Å². The van der Waals surface area contributed by atoms with Crippen molar-refractivity contribution in [3.05, 3.63) is 222 Å². The molecular formula is C78H80N4OPt-2. The van der Waals surface area contributed by atoms with Crippen molar-refractivity contribution in [2.75, 3.05) is 0 Å². The monoisotopic (exact) mass is 1300 g/mol. The average molecular weight is 1300 g/mol. The number of fused-ring (bicyclic) bond motifs is 5. The van der Waals surface area contributed by atoms with Crippen molar-refractivity contribution >= 4 is 32.8 Å². The van der Waals surface area contributed by atoms with Gasteiger partial charge in [0.05, 0.1) is 20.8 Å². The molecule has 0 bridgehead atoms. The standard InChI is InChI=1S/C78H80N4O.Pt/c1-73(2,3)54-31-27-50(28-32-54)51-30-36-68-70(43-51)80(58-23-20-24-59(47-58)83-60-33-34-62-61-25-17-18-26-67(61)82(69(62)48-60)71-46-56(37-40-79-71)75(7,8)9)49-81(68)72-63(52-21-19-22-55(41-52)74(4,5)6)44-57(76(10,11)12)45-64(72)53-29-35-65-66(42-53)78(15,16)39-38-77(65,13)14;/h17-37,40-46H,38-39H2,1-16H3;/q-2;/i13D3,14D3,15D3,16D3,29D,35D,38D2,39D2,42D;. The quantitative estimate of drug-likeness (QED) is 0.112. The molecule has 0 fully saturated rings. The van der Waals surface area contributed by atoms with Crippen molar-refractivity contribution in [1.82, 2.24) is 14.1 Å². The fourth-order valence-electron chi connectivity index (χ4n) is 11.0. The number of hydrogen-bond donors (Lipinski definition) is 0. The smallest absolute Gasteiger partial charge is 0.268 e. The van der Waals surface area contributed by atoms with Crippen LogP contribution in [0.15, 0.2) is 170 Å². The molecule has 8 aromatic carbocycles. The van der Waals surface area contributed by atoms with Gasteiger partial charge >= 0.3 is 0 Å². The SMILES string of the molecule is [2H]c1c([2H])c2c(c([2H])c1-c1cc(C(C)(C)C)cc(-c3cccc(C(C)(C)C)c3)c1-[n+]1[c-]n(-c3[c-]c(Oc4[c-]c5c(cc4)c4ccccc4n5-c4cc(C(C)(C)C)ccn4)ccc3)c3cc(-c4ccc(C(C)(C)C)cc4)ccc31)C(C([2H])([2H])[2H])(C([2H])([2H])[2H])C([2H])([2H])C([2H])([2H])C2(C([2H])([2H])[2H])C([2H])([2H])[2H].[Pt]. The minimum Gasteiger partial charge on any atom is -0.510 e. The largest absolute Gasteiger partial charge is 0.510 e. The summed E-state index contributed by atoms with van der Waals surface area (Å²) in [7, 11) is 0. The van der Waals surface area contributed by atoms with E-state index in [4.69, 9.17) is 17.9 Å². The Labute approximate surface area is 540 Å². The van der Waals surface area contributed by atoms with Crippen LogP contribution in [-0.2, 0) is 53.6 Å². The fourth-order valence-corrected chi connectivity index (χ4v) is 11.0. The van der Waals surface area contributed by atoms with E-state index in [2.05, 4.69) is 88.8 Å². The third-order valence-electron chi connectivity index (χ3n) is 15.9. The molecule has 0 amide bonds. The maximum absolute atomic E-state index is 10.6. The number of rotatable bonds is 8. The Morgan fingerprint density at radius 1 is 0.548 bits per heavy atom. The molecule has 0 saturated carbocycles. The molecule has 0 radical (unpaired) electrons. The summed E-state index contributed by atoms with van der Waals surface area (Å²) in [6, 6.07) is 49.5. The van der Waals surface area contributed by atoms with Crippen molar-refractivity contribution in [3.63, 3.8) is 0 Å². The molecule has 1 aliphatic rings. The Kier molecular flexibility index (Phi) is 9.84. The molecule has 0 spiro atoms. The van der Waals surface area contributed by atoms with Gasteiger partial charge in [-0.05, 0) is 147 Å². The molecule has 0 atom stereocenters. The number of benzene rings is 8. The van der Waals surface area contributed by atoms with Crippen LogP contribution in [0.2, 0.25) is 0 Å². The van der Waals surface area contributed by atoms with E-state index >= 15 is 0 Å². The van der Waals surface area contributed by atoms with E-state index < -0.39 is 96.6 Å². The second-order valence-electron chi connectivity index (χ2n) is 26.1. The van der Waals surface area contributed by atoms with E-state index in [-0.39, 0.29) is 48.9 Å². The number of pyridine rings is 1. The van der Waals surface area contributed by atoms with E-state index in [0.29, 0.717) is 50.5 Å². The third-order valence-corrected chi connectivity index (χ3v) is 15.9. The van der Waals surface area contributed by atoms with Crippen LogP contribution in [0.5, 0.6) is 11.5 Å². The van der Waals surface area contributed by atoms with Crippen LogP contribution in [0.4, 0.5) is 0 Å². The number of ether oxygens (including phenoxy) is 1. The van der Waals surface area contributed by atoms with E-state index in [1.807, 2.05) is 139 Å². The summed E-state index contributed by atoms with van der Waals surface area (Å²) in [4.78, 5) is 4.86. The summed E-state index contributed by atoms with van der Waals surface area (Å²) in [6.07, 6.45) is -3.65. The van der Waals surface area contributed by atoms with Crippen LogP contribution in [0, 0.1) is 18.5 Å². The molecule has 0 unspecified atom stereocenters. The van der Waals surface area contributed by atoms with Crippen LogP contribution in [0.1, 0.15) is 183 Å². The van der Waals surface area contributed by atoms with Gasteiger partial charge in [-0.25, -0.2) is 4.98 Å². The maximum atomic E-state index is 10.6. The van der Waals surface area contributed by atoms with E-state index in [9.17, 15) is 17.8 Å². The molecule has 430 valence electrons. The van der Waals surface area contributed by atoms with E-state index in [1.165, 1.54) is 0 Å². The van der Waals surface area contributed by atoms with Gasteiger partial charge in [-0.15, -0.1) is 29.7 Å². The van der Waals surface area contributed by atoms with Gasteiger partial charge < -0.3 is 13.9 Å². The van der Waals surface area contributed by atoms with Gasteiger partial charge in [0.15, 0.2) is 0 Å². The summed E-state index contributed by atoms with van der Waals surface area (Å²) >= 11 is 0. The van der Waals surface area contributed by atoms with Gasteiger partial charge in [0.1, 0.15) is 5.82 Å². The summed E-state index contributed by atoms with van der Waals surface area (Å²) in [5.74, 6) is 1.32. The second kappa shape index (κ2) is 21.0. The number of hydrogen-bond acceptors (Lipinski definition) is 2. The van der Waals surface area contributed by atoms with Crippen LogP contribution >= 0.6 is 0 Å². The zero-order chi connectivity index (χ0) is 75.0. The van der Waals surface area contributed by atoms with Gasteiger partial charge in [-0.1, -0.05) is 225 Å². The Morgan fingerprint density at radius 3 is 1.89 bits per heavy atom. The maximum Gasteiger partial charge on any atom is 0.268 e. The van der Waals surface area contributed by atoms with Crippen LogP contribution in [-0.4, -0.2) is 14.1 Å². The van der Waals surface area contributed by atoms with Crippen LogP contribution < -0.4 is 9.30 Å². The first kappa shape index (κ1) is 39.3. The number of aromatic nitrogens is 4. The number of imidazole rings is 1. The zero-order valence-corrected chi connectivity index (χ0v) is 51.7. The Bertz CT molecular complexity index is 5160. The first-order valence-corrected chi connectivity index (χ1v) is 28.1. The van der Waals surface area contributed by atoms with Gasteiger partial charge in [0.25, 0.3) is 6.33 Å². The van der Waals surface area contributed by atoms with Crippen LogP contribution in [0.3, 0.4) is 0 Å². The Morgan fingerprint density at radius 2 is 1.19 bits per heavy atom.